The van der Waals surface area contributed by atoms with Crippen LogP contribution in [0.2, 0.25) is 0 Å². The largest absolute Gasteiger partial charge is 0.465 e. The Hall–Kier alpha value is -3.80. The van der Waals surface area contributed by atoms with Crippen molar-refractivity contribution in [2.75, 3.05) is 31.3 Å². The van der Waals surface area contributed by atoms with Gasteiger partial charge in [-0.2, -0.15) is 15.1 Å². The van der Waals surface area contributed by atoms with E-state index in [9.17, 15) is 14.5 Å². The molecule has 214 valence electrons. The predicted octanol–water partition coefficient (Wildman–Crippen LogP) is 1.79. The van der Waals surface area contributed by atoms with Crippen LogP contribution in [0.1, 0.15) is 20.1 Å². The Kier molecular flexibility index (Phi) is 8.57. The highest BCUT2D eigenvalue weighted by molar-refractivity contribution is 7.52. The lowest BCUT2D eigenvalue weighted by molar-refractivity contribution is -0.144. The minimum Gasteiger partial charge on any atom is -0.465 e. The van der Waals surface area contributed by atoms with Gasteiger partial charge in [0.25, 0.3) is 0 Å². The zero-order chi connectivity index (χ0) is 29.1. The molecule has 1 aliphatic heterocycles. The normalized spacial score (nSPS) is 24.6. The van der Waals surface area contributed by atoms with Crippen molar-refractivity contribution < 1.29 is 37.4 Å². The first kappa shape index (κ1) is 29.2. The molecule has 3 heterocycles. The maximum absolute atomic E-state index is 16.1. The molecule has 1 aromatic carbocycles. The van der Waals surface area contributed by atoms with Crippen LogP contribution in [0.3, 0.4) is 0 Å². The van der Waals surface area contributed by atoms with Gasteiger partial charge in [0.15, 0.2) is 23.2 Å². The van der Waals surface area contributed by atoms with Gasteiger partial charge in [-0.05, 0) is 26.0 Å². The number of rotatable bonds is 11. The van der Waals surface area contributed by atoms with E-state index in [0.29, 0.717) is 0 Å². The van der Waals surface area contributed by atoms with E-state index in [2.05, 4.69) is 25.4 Å². The number of esters is 1. The van der Waals surface area contributed by atoms with Crippen LogP contribution in [0.25, 0.3) is 11.2 Å². The fraction of sp³-hybridized carbons (Fsp3) is 0.417. The number of para-hydroxylation sites is 1. The number of ether oxygens (including phenoxy) is 2. The molecule has 4 rings (SSSR count). The van der Waals surface area contributed by atoms with Crippen LogP contribution in [0.5, 0.6) is 5.75 Å². The van der Waals surface area contributed by atoms with E-state index in [1.165, 1.54) is 30.0 Å². The van der Waals surface area contributed by atoms with Crippen molar-refractivity contribution in [3.63, 3.8) is 0 Å². The number of hydrogen-bond donors (Lipinski definition) is 4. The van der Waals surface area contributed by atoms with Gasteiger partial charge in [0.1, 0.15) is 24.0 Å². The number of benzene rings is 1. The van der Waals surface area contributed by atoms with Gasteiger partial charge in [-0.1, -0.05) is 24.1 Å². The van der Waals surface area contributed by atoms with Crippen LogP contribution in [0.4, 0.5) is 16.2 Å². The Morgan fingerprint density at radius 2 is 2.12 bits per heavy atom. The Balaban J connectivity index is 1.60. The molecular formula is C24H29FN7O7P. The highest BCUT2D eigenvalue weighted by Gasteiger charge is 2.58. The summed E-state index contributed by atoms with van der Waals surface area (Å²) in [5, 5.41) is 16.2. The number of carbonyl (C=O) groups is 1. The number of nitrogens with one attached hydrogen (secondary N) is 2. The van der Waals surface area contributed by atoms with Crippen molar-refractivity contribution in [2.45, 2.75) is 44.0 Å². The number of carbonyl (C=O) groups excluding carboxylic acids is 1. The number of halogens is 1. The molecule has 40 heavy (non-hydrogen) atoms. The summed E-state index contributed by atoms with van der Waals surface area (Å²) in [6, 6.07) is 6.93. The molecule has 0 spiro atoms. The van der Waals surface area contributed by atoms with Crippen LogP contribution < -0.4 is 20.7 Å². The van der Waals surface area contributed by atoms with E-state index in [1.54, 1.807) is 32.2 Å². The predicted molar refractivity (Wildman–Crippen MR) is 142 cm³/mol. The van der Waals surface area contributed by atoms with E-state index in [-0.39, 0.29) is 35.3 Å². The SMILES string of the molecule is C#C[C@@]1(F)[C@H](O)[C@@H](CO[P@](=O)(N[C@@H](C)C(=O)OCC)Oc2ccccc2)O[C@H]1n1cnc2c(NC)nc(N)nc21. The summed E-state index contributed by atoms with van der Waals surface area (Å²) >= 11 is 0. The highest BCUT2D eigenvalue weighted by atomic mass is 31.2. The van der Waals surface area contributed by atoms with Gasteiger partial charge in [-0.25, -0.2) is 13.9 Å². The average molecular weight is 578 g/mol. The number of nitrogen functional groups attached to an aromatic ring is 1. The number of fused-ring (bicyclic) bond motifs is 1. The van der Waals surface area contributed by atoms with E-state index < -0.39 is 50.5 Å². The quantitative estimate of drug-likeness (QED) is 0.147. The van der Waals surface area contributed by atoms with Crippen LogP contribution >= 0.6 is 7.75 Å². The van der Waals surface area contributed by atoms with Crippen molar-refractivity contribution in [1.29, 1.82) is 0 Å². The van der Waals surface area contributed by atoms with Gasteiger partial charge in [0.2, 0.25) is 11.6 Å². The Labute approximate surface area is 229 Å². The Morgan fingerprint density at radius 1 is 1.40 bits per heavy atom. The molecule has 1 fully saturated rings. The number of aliphatic hydroxyl groups excluding tert-OH is 1. The fourth-order valence-corrected chi connectivity index (χ4v) is 5.53. The topological polar surface area (TPSA) is 185 Å². The van der Waals surface area contributed by atoms with Crippen molar-refractivity contribution in [1.82, 2.24) is 24.6 Å². The van der Waals surface area contributed by atoms with Crippen molar-refractivity contribution in [2.24, 2.45) is 0 Å². The number of nitrogens with zero attached hydrogens (tertiary/aromatic N) is 4. The third kappa shape index (κ3) is 5.72. The number of alkyl halides is 1. The van der Waals surface area contributed by atoms with Crippen LogP contribution in [-0.4, -0.2) is 74.8 Å². The summed E-state index contributed by atoms with van der Waals surface area (Å²) in [6.07, 6.45) is 1.74. The van der Waals surface area contributed by atoms with E-state index in [4.69, 9.17) is 30.7 Å². The third-order valence-electron chi connectivity index (χ3n) is 5.96. The summed E-state index contributed by atoms with van der Waals surface area (Å²) in [7, 11) is -2.73. The summed E-state index contributed by atoms with van der Waals surface area (Å²) in [5.74, 6) is 1.57. The number of hydrogen-bond acceptors (Lipinski definition) is 12. The van der Waals surface area contributed by atoms with Gasteiger partial charge >= 0.3 is 13.7 Å². The molecule has 0 amide bonds. The van der Waals surface area contributed by atoms with Crippen LogP contribution in [0.15, 0.2) is 36.7 Å². The second-order valence-corrected chi connectivity index (χ2v) is 10.4. The molecule has 3 aromatic rings. The lowest BCUT2D eigenvalue weighted by Gasteiger charge is -2.25. The lowest BCUT2D eigenvalue weighted by atomic mass is 9.97. The third-order valence-corrected chi connectivity index (χ3v) is 7.61. The second-order valence-electron chi connectivity index (χ2n) is 8.69. The van der Waals surface area contributed by atoms with Crippen LogP contribution in [-0.2, 0) is 23.4 Å². The minimum absolute atomic E-state index is 0.0934. The molecule has 6 atom stereocenters. The monoisotopic (exact) mass is 577 g/mol. The molecule has 14 nitrogen and oxygen atoms in total. The summed E-state index contributed by atoms with van der Waals surface area (Å²) in [5.41, 5.74) is 3.36. The molecule has 0 unspecified atom stereocenters. The Morgan fingerprint density at radius 3 is 2.77 bits per heavy atom. The molecule has 1 saturated heterocycles. The molecule has 0 saturated carbocycles. The highest BCUT2D eigenvalue weighted by Crippen LogP contribution is 2.48. The molecular weight excluding hydrogens is 548 g/mol. The molecule has 16 heteroatoms. The number of terminal acetylenes is 1. The molecule has 0 aliphatic carbocycles. The number of imidazole rings is 1. The van der Waals surface area contributed by atoms with E-state index >= 15 is 4.39 Å². The van der Waals surface area contributed by atoms with Gasteiger partial charge in [-0.15, -0.1) is 6.42 Å². The van der Waals surface area contributed by atoms with E-state index in [1.807, 2.05) is 5.92 Å². The smallest absolute Gasteiger partial charge is 0.459 e. The average Bonchev–Trinajstić information content (AvgIpc) is 3.46. The van der Waals surface area contributed by atoms with Gasteiger partial charge < -0.3 is 30.2 Å². The zero-order valence-corrected chi connectivity index (χ0v) is 22.7. The summed E-state index contributed by atoms with van der Waals surface area (Å²) in [6.45, 7) is 2.47. The van der Waals surface area contributed by atoms with Crippen molar-refractivity contribution in [3.05, 3.63) is 36.7 Å². The van der Waals surface area contributed by atoms with Gasteiger partial charge in [0, 0.05) is 7.05 Å². The van der Waals surface area contributed by atoms with Crippen LogP contribution in [0, 0.1) is 12.3 Å². The van der Waals surface area contributed by atoms with Gasteiger partial charge in [-0.3, -0.25) is 13.9 Å². The molecule has 1 aliphatic rings. The van der Waals surface area contributed by atoms with Crippen molar-refractivity contribution in [3.8, 4) is 18.1 Å². The number of anilines is 2. The second kappa shape index (κ2) is 11.7. The molecule has 2 aromatic heterocycles. The molecule has 0 bridgehead atoms. The first-order valence-corrected chi connectivity index (χ1v) is 13.7. The fourth-order valence-electron chi connectivity index (χ4n) is 4.03. The van der Waals surface area contributed by atoms with E-state index in [0.717, 1.165) is 0 Å². The molecule has 5 N–H and O–H groups in total. The van der Waals surface area contributed by atoms with Crippen molar-refractivity contribution >= 4 is 36.6 Å². The number of aromatic nitrogens is 4. The standard InChI is InChI=1S/C24H29FN7O7P/c1-5-24(25)18(33)16(38-22(24)32-13-28-17-19(27-4)29-23(26)30-20(17)32)12-37-40(35,31-14(3)21(34)36-6-2)39-15-10-8-7-9-11-15/h1,7-11,13-14,16,18,22,33H,6,12H2,2-4H3,(H,31,35)(H3,26,27,29,30)/t14-,16+,18+,22+,24+,40+/m0/s1. The lowest BCUT2D eigenvalue weighted by Crippen LogP contribution is -2.42. The zero-order valence-electron chi connectivity index (χ0n) is 21.9. The first-order chi connectivity index (χ1) is 19.0. The first-order valence-electron chi connectivity index (χ1n) is 12.2. The minimum atomic E-state index is -4.32. The summed E-state index contributed by atoms with van der Waals surface area (Å²) < 4.78 is 52.8. The number of nitrogens with two attached hydrogens (primary N) is 1. The summed E-state index contributed by atoms with van der Waals surface area (Å²) in [4.78, 5) is 24.5. The Bertz CT molecular complexity index is 1450. The molecule has 0 radical (unpaired) electrons. The maximum Gasteiger partial charge on any atom is 0.459 e. The maximum atomic E-state index is 16.1. The van der Waals surface area contributed by atoms with Gasteiger partial charge in [0.05, 0.1) is 19.5 Å². The number of aliphatic hydroxyl groups is 1.